The lowest BCUT2D eigenvalue weighted by Crippen LogP contribution is -2.45. The minimum absolute atomic E-state index is 0.00338. The van der Waals surface area contributed by atoms with Gasteiger partial charge >= 0.3 is 12.2 Å². The van der Waals surface area contributed by atoms with E-state index in [-0.39, 0.29) is 12.4 Å². The second kappa shape index (κ2) is 6.51. The van der Waals surface area contributed by atoms with E-state index in [1.807, 2.05) is 0 Å². The molecule has 2 amide bonds. The number of alkyl halides is 3. The van der Waals surface area contributed by atoms with Gasteiger partial charge in [0.15, 0.2) is 6.10 Å². The van der Waals surface area contributed by atoms with Crippen LogP contribution < -0.4 is 5.32 Å². The summed E-state index contributed by atoms with van der Waals surface area (Å²) in [5, 5.41) is 11.1. The molecule has 0 aromatic carbocycles. The van der Waals surface area contributed by atoms with E-state index < -0.39 is 30.7 Å². The quantitative estimate of drug-likeness (QED) is 0.835. The van der Waals surface area contributed by atoms with E-state index in [0.717, 1.165) is 17.2 Å². The van der Waals surface area contributed by atoms with E-state index in [0.29, 0.717) is 0 Å². The van der Waals surface area contributed by atoms with Crippen LogP contribution in [0.4, 0.5) is 28.2 Å². The van der Waals surface area contributed by atoms with Crippen LogP contribution in [-0.4, -0.2) is 46.4 Å². The second-order valence-corrected chi connectivity index (χ2v) is 3.89. The van der Waals surface area contributed by atoms with Gasteiger partial charge in [0.05, 0.1) is 12.7 Å². The molecule has 0 aliphatic rings. The molecule has 0 saturated carbocycles. The fourth-order valence-corrected chi connectivity index (χ4v) is 1.31. The highest BCUT2D eigenvalue weighted by Gasteiger charge is 2.39. The van der Waals surface area contributed by atoms with Crippen molar-refractivity contribution in [3.63, 3.8) is 0 Å². The summed E-state index contributed by atoms with van der Waals surface area (Å²) in [6.07, 6.45) is -6.58. The maximum absolute atomic E-state index is 12.6. The number of nitrogens with one attached hydrogen (secondary N) is 1. The molecule has 2 N–H and O–H groups in total. The van der Waals surface area contributed by atoms with Gasteiger partial charge in [0, 0.05) is 6.54 Å². The second-order valence-electron chi connectivity index (χ2n) is 3.89. The highest BCUT2D eigenvalue weighted by Crippen LogP contribution is 2.20. The number of aliphatic hydroxyl groups excluding tert-OH is 1. The Morgan fingerprint density at radius 1 is 1.50 bits per heavy atom. The molecule has 0 bridgehead atoms. The molecule has 1 aromatic heterocycles. The van der Waals surface area contributed by atoms with Crippen molar-refractivity contribution in [1.29, 1.82) is 0 Å². The van der Waals surface area contributed by atoms with Gasteiger partial charge in [0.25, 0.3) is 0 Å². The smallest absolute Gasteiger partial charge is 0.382 e. The third-order valence-corrected chi connectivity index (χ3v) is 2.40. The maximum atomic E-state index is 12.6. The summed E-state index contributed by atoms with van der Waals surface area (Å²) >= 11 is 0. The average molecular weight is 295 g/mol. The number of rotatable bonds is 4. The Kier molecular flexibility index (Phi) is 5.26. The van der Waals surface area contributed by atoms with Crippen molar-refractivity contribution < 1.29 is 27.5 Å². The SMILES string of the molecule is CCN(C[C@@H](O)C(F)(F)F)C(=O)Nc1ccc(F)cn1. The monoisotopic (exact) mass is 295 g/mol. The summed E-state index contributed by atoms with van der Waals surface area (Å²) in [5.41, 5.74) is 0. The van der Waals surface area contributed by atoms with Gasteiger partial charge in [0.2, 0.25) is 0 Å². The van der Waals surface area contributed by atoms with Crippen LogP contribution in [0.2, 0.25) is 0 Å². The molecule has 9 heteroatoms. The van der Waals surface area contributed by atoms with Gasteiger partial charge in [0.1, 0.15) is 11.6 Å². The van der Waals surface area contributed by atoms with E-state index >= 15 is 0 Å². The highest BCUT2D eigenvalue weighted by atomic mass is 19.4. The molecule has 0 saturated heterocycles. The molecule has 1 atom stereocenters. The van der Waals surface area contributed by atoms with Gasteiger partial charge in [-0.25, -0.2) is 14.2 Å². The molecule has 112 valence electrons. The standard InChI is InChI=1S/C11H13F4N3O2/c1-2-18(6-8(19)11(13,14)15)10(20)17-9-4-3-7(12)5-16-9/h3-5,8,19H,2,6H2,1H3,(H,16,17,20)/t8-/m1/s1. The summed E-state index contributed by atoms with van der Waals surface area (Å²) in [5.74, 6) is -0.612. The number of aromatic nitrogens is 1. The summed E-state index contributed by atoms with van der Waals surface area (Å²) in [6, 6.07) is 1.35. The number of aliphatic hydroxyl groups is 1. The number of hydrogen-bond acceptors (Lipinski definition) is 3. The Balaban J connectivity index is 2.65. The molecule has 0 aliphatic carbocycles. The number of pyridine rings is 1. The van der Waals surface area contributed by atoms with E-state index in [1.165, 1.54) is 13.0 Å². The number of urea groups is 1. The van der Waals surface area contributed by atoms with Crippen LogP contribution in [0.5, 0.6) is 0 Å². The number of carbonyl (C=O) groups is 1. The molecule has 0 aliphatic heterocycles. The third kappa shape index (κ3) is 4.65. The summed E-state index contributed by atoms with van der Waals surface area (Å²) in [4.78, 5) is 16.0. The van der Waals surface area contributed by atoms with Crippen molar-refractivity contribution in [3.05, 3.63) is 24.1 Å². The number of carbonyl (C=O) groups excluding carboxylic acids is 1. The molecule has 1 heterocycles. The largest absolute Gasteiger partial charge is 0.416 e. The molecule has 20 heavy (non-hydrogen) atoms. The van der Waals surface area contributed by atoms with E-state index in [4.69, 9.17) is 5.11 Å². The Labute approximate surface area is 112 Å². The summed E-state index contributed by atoms with van der Waals surface area (Å²) in [7, 11) is 0. The maximum Gasteiger partial charge on any atom is 0.416 e. The zero-order chi connectivity index (χ0) is 15.3. The molecule has 1 aromatic rings. The van der Waals surface area contributed by atoms with Gasteiger partial charge in [-0.3, -0.25) is 5.32 Å². The Bertz CT molecular complexity index is 450. The fraction of sp³-hybridized carbons (Fsp3) is 0.455. The molecule has 1 rings (SSSR count). The third-order valence-electron chi connectivity index (χ3n) is 2.40. The van der Waals surface area contributed by atoms with Crippen LogP contribution in [0, 0.1) is 5.82 Å². The fourth-order valence-electron chi connectivity index (χ4n) is 1.31. The number of anilines is 1. The van der Waals surface area contributed by atoms with Gasteiger partial charge in [-0.2, -0.15) is 13.2 Å². The zero-order valence-corrected chi connectivity index (χ0v) is 10.5. The normalized spacial score (nSPS) is 12.9. The summed E-state index contributed by atoms with van der Waals surface area (Å²) < 4.78 is 49.3. The number of nitrogens with zero attached hydrogens (tertiary/aromatic N) is 2. The van der Waals surface area contributed by atoms with E-state index in [1.54, 1.807) is 0 Å². The van der Waals surface area contributed by atoms with Crippen LogP contribution in [0.15, 0.2) is 18.3 Å². The highest BCUT2D eigenvalue weighted by molar-refractivity contribution is 5.88. The van der Waals surface area contributed by atoms with Crippen molar-refractivity contribution >= 4 is 11.8 Å². The Morgan fingerprint density at radius 2 is 2.15 bits per heavy atom. The van der Waals surface area contributed by atoms with Crippen LogP contribution in [-0.2, 0) is 0 Å². The molecule has 0 spiro atoms. The lowest BCUT2D eigenvalue weighted by Gasteiger charge is -2.25. The molecule has 5 nitrogen and oxygen atoms in total. The number of hydrogen-bond donors (Lipinski definition) is 2. The average Bonchev–Trinajstić information content (AvgIpc) is 2.37. The molecular weight excluding hydrogens is 282 g/mol. The van der Waals surface area contributed by atoms with Gasteiger partial charge in [-0.15, -0.1) is 0 Å². The number of likely N-dealkylation sites (N-methyl/N-ethyl adjacent to an activating group) is 1. The first-order valence-corrected chi connectivity index (χ1v) is 5.66. The molecular formula is C11H13F4N3O2. The predicted molar refractivity (Wildman–Crippen MR) is 62.5 cm³/mol. The van der Waals surface area contributed by atoms with Crippen LogP contribution in [0.1, 0.15) is 6.92 Å². The van der Waals surface area contributed by atoms with Crippen LogP contribution >= 0.6 is 0 Å². The van der Waals surface area contributed by atoms with Crippen molar-refractivity contribution in [2.75, 3.05) is 18.4 Å². The van der Waals surface area contributed by atoms with E-state index in [9.17, 15) is 22.4 Å². The first-order valence-electron chi connectivity index (χ1n) is 5.66. The number of amides is 2. The lowest BCUT2D eigenvalue weighted by atomic mass is 10.3. The minimum Gasteiger partial charge on any atom is -0.382 e. The van der Waals surface area contributed by atoms with Crippen molar-refractivity contribution in [2.45, 2.75) is 19.2 Å². The van der Waals surface area contributed by atoms with Crippen molar-refractivity contribution in [1.82, 2.24) is 9.88 Å². The van der Waals surface area contributed by atoms with E-state index in [2.05, 4.69) is 10.3 Å². The van der Waals surface area contributed by atoms with Crippen LogP contribution in [0.25, 0.3) is 0 Å². The van der Waals surface area contributed by atoms with Gasteiger partial charge < -0.3 is 10.0 Å². The van der Waals surface area contributed by atoms with Crippen molar-refractivity contribution in [3.8, 4) is 0 Å². The summed E-state index contributed by atoms with van der Waals surface area (Å²) in [6.45, 7) is 0.522. The molecule has 0 unspecified atom stereocenters. The van der Waals surface area contributed by atoms with Crippen LogP contribution in [0.3, 0.4) is 0 Å². The Morgan fingerprint density at radius 3 is 2.60 bits per heavy atom. The topological polar surface area (TPSA) is 65.5 Å². The van der Waals surface area contributed by atoms with Gasteiger partial charge in [-0.05, 0) is 19.1 Å². The number of halogens is 4. The van der Waals surface area contributed by atoms with Crippen molar-refractivity contribution in [2.24, 2.45) is 0 Å². The molecule has 0 radical (unpaired) electrons. The zero-order valence-electron chi connectivity index (χ0n) is 10.5. The Hall–Kier alpha value is -1.90. The van der Waals surface area contributed by atoms with Gasteiger partial charge in [-0.1, -0.05) is 0 Å². The predicted octanol–water partition coefficient (Wildman–Crippen LogP) is 2.00. The first-order chi connectivity index (χ1) is 9.24. The lowest BCUT2D eigenvalue weighted by molar-refractivity contribution is -0.206. The first kappa shape index (κ1) is 16.2. The molecule has 0 fully saturated rings. The minimum atomic E-state index is -4.80.